The summed E-state index contributed by atoms with van der Waals surface area (Å²) in [6.45, 7) is 4.04. The average Bonchev–Trinajstić information content (AvgIpc) is 3.23. The second kappa shape index (κ2) is 12.2. The van der Waals surface area contributed by atoms with E-state index in [1.54, 1.807) is 75.6 Å². The second-order valence-electron chi connectivity index (χ2n) is 7.92. The zero-order valence-corrected chi connectivity index (χ0v) is 22.0. The van der Waals surface area contributed by atoms with Gasteiger partial charge < -0.3 is 14.2 Å². The van der Waals surface area contributed by atoms with Crippen LogP contribution in [0.15, 0.2) is 82.7 Å². The van der Waals surface area contributed by atoms with Crippen LogP contribution in [-0.2, 0) is 14.3 Å². The van der Waals surface area contributed by atoms with E-state index in [1.165, 1.54) is 16.7 Å². The van der Waals surface area contributed by atoms with Gasteiger partial charge >= 0.3 is 11.9 Å². The van der Waals surface area contributed by atoms with Crippen LogP contribution in [-0.4, -0.2) is 43.3 Å². The molecule has 0 aliphatic carbocycles. The zero-order chi connectivity index (χ0) is 27.1. The fourth-order valence-electron chi connectivity index (χ4n) is 3.66. The first kappa shape index (κ1) is 26.7. The number of hydrogen-bond donors (Lipinski definition) is 0. The number of aliphatic imine (C=N–C) groups is 1. The Morgan fingerprint density at radius 2 is 1.45 bits per heavy atom. The van der Waals surface area contributed by atoms with E-state index in [9.17, 15) is 14.4 Å². The molecule has 3 aromatic rings. The molecule has 0 aromatic heterocycles. The lowest BCUT2D eigenvalue weighted by Gasteiger charge is -2.16. The molecule has 1 aliphatic heterocycles. The number of hydrogen-bond acceptors (Lipinski definition) is 8. The van der Waals surface area contributed by atoms with Gasteiger partial charge in [0, 0.05) is 5.56 Å². The van der Waals surface area contributed by atoms with Gasteiger partial charge in [-0.15, -0.1) is 0 Å². The molecule has 0 N–H and O–H groups in total. The highest BCUT2D eigenvalue weighted by atomic mass is 32.2. The lowest BCUT2D eigenvalue weighted by Crippen LogP contribution is -2.28. The summed E-state index contributed by atoms with van der Waals surface area (Å²) < 4.78 is 15.5. The zero-order valence-electron chi connectivity index (χ0n) is 21.2. The lowest BCUT2D eigenvalue weighted by molar-refractivity contribution is -0.113. The van der Waals surface area contributed by atoms with Crippen molar-refractivity contribution in [2.24, 2.45) is 4.99 Å². The van der Waals surface area contributed by atoms with Crippen LogP contribution >= 0.6 is 11.8 Å². The molecule has 1 heterocycles. The highest BCUT2D eigenvalue weighted by molar-refractivity contribution is 8.19. The normalized spacial score (nSPS) is 15.1. The standard InChI is InChI=1S/C29H26N2O6S/c1-4-36-27(33)19-10-14-22(15-11-19)30-29-31(23-16-12-20(13-17-23)28(34)37-5-2)26(32)25(38-29)18-21-8-6-7-9-24(21)35-3/h6-18H,4-5H2,1-3H3. The number of amides is 1. The minimum absolute atomic E-state index is 0.269. The highest BCUT2D eigenvalue weighted by Crippen LogP contribution is 2.38. The van der Waals surface area contributed by atoms with Crippen molar-refractivity contribution < 1.29 is 28.6 Å². The van der Waals surface area contributed by atoms with Crippen molar-refractivity contribution in [2.75, 3.05) is 25.2 Å². The first-order chi connectivity index (χ1) is 18.4. The molecular formula is C29H26N2O6S. The SMILES string of the molecule is CCOC(=O)c1ccc(N=C2SC(=Cc3ccccc3OC)C(=O)N2c2ccc(C(=O)OCC)cc2)cc1. The van der Waals surface area contributed by atoms with Gasteiger partial charge in [-0.3, -0.25) is 9.69 Å². The van der Waals surface area contributed by atoms with Crippen LogP contribution in [0.4, 0.5) is 11.4 Å². The maximum Gasteiger partial charge on any atom is 0.338 e. The van der Waals surface area contributed by atoms with Crippen LogP contribution in [0.5, 0.6) is 5.75 Å². The van der Waals surface area contributed by atoms with Crippen molar-refractivity contribution in [3.8, 4) is 5.75 Å². The van der Waals surface area contributed by atoms with Crippen molar-refractivity contribution in [1.29, 1.82) is 0 Å². The minimum atomic E-state index is -0.437. The predicted molar refractivity (Wildman–Crippen MR) is 148 cm³/mol. The summed E-state index contributed by atoms with van der Waals surface area (Å²) in [5, 5.41) is 0.420. The number of rotatable bonds is 8. The van der Waals surface area contributed by atoms with Gasteiger partial charge in [0.25, 0.3) is 5.91 Å². The van der Waals surface area contributed by atoms with Crippen LogP contribution < -0.4 is 9.64 Å². The van der Waals surface area contributed by atoms with Gasteiger partial charge in [0.2, 0.25) is 0 Å². The predicted octanol–water partition coefficient (Wildman–Crippen LogP) is 5.86. The molecule has 38 heavy (non-hydrogen) atoms. The second-order valence-corrected chi connectivity index (χ2v) is 8.93. The molecule has 1 aliphatic rings. The summed E-state index contributed by atoms with van der Waals surface area (Å²) in [6.07, 6.45) is 1.76. The Morgan fingerprint density at radius 3 is 2.03 bits per heavy atom. The van der Waals surface area contributed by atoms with Crippen molar-refractivity contribution in [3.63, 3.8) is 0 Å². The molecule has 9 heteroatoms. The number of nitrogens with zero attached hydrogens (tertiary/aromatic N) is 2. The van der Waals surface area contributed by atoms with Crippen LogP contribution in [0.2, 0.25) is 0 Å². The fourth-order valence-corrected chi connectivity index (χ4v) is 4.65. The van der Waals surface area contributed by atoms with Crippen LogP contribution in [0.3, 0.4) is 0 Å². The summed E-state index contributed by atoms with van der Waals surface area (Å²) in [7, 11) is 1.57. The van der Waals surface area contributed by atoms with E-state index in [0.29, 0.717) is 38.3 Å². The van der Waals surface area contributed by atoms with Gasteiger partial charge in [-0.1, -0.05) is 18.2 Å². The first-order valence-corrected chi connectivity index (χ1v) is 12.8. The molecule has 1 fully saturated rings. The Bertz CT molecular complexity index is 1400. The summed E-state index contributed by atoms with van der Waals surface area (Å²) in [5.41, 5.74) is 2.64. The molecule has 0 radical (unpaired) electrons. The van der Waals surface area contributed by atoms with Crippen molar-refractivity contribution >= 4 is 52.2 Å². The third-order valence-corrected chi connectivity index (χ3v) is 6.44. The van der Waals surface area contributed by atoms with Crippen molar-refractivity contribution in [3.05, 3.63) is 94.4 Å². The van der Waals surface area contributed by atoms with E-state index in [2.05, 4.69) is 0 Å². The van der Waals surface area contributed by atoms with Crippen LogP contribution in [0.1, 0.15) is 40.1 Å². The Kier molecular flexibility index (Phi) is 8.60. The molecular weight excluding hydrogens is 504 g/mol. The van der Waals surface area contributed by atoms with Gasteiger partial charge in [0.15, 0.2) is 5.17 Å². The van der Waals surface area contributed by atoms with E-state index >= 15 is 0 Å². The first-order valence-electron chi connectivity index (χ1n) is 11.9. The largest absolute Gasteiger partial charge is 0.496 e. The molecule has 0 unspecified atom stereocenters. The summed E-state index contributed by atoms with van der Waals surface area (Å²) in [4.78, 5) is 44.3. The molecule has 0 saturated carbocycles. The molecule has 0 bridgehead atoms. The number of para-hydroxylation sites is 1. The van der Waals surface area contributed by atoms with E-state index in [4.69, 9.17) is 19.2 Å². The number of ether oxygens (including phenoxy) is 3. The maximum absolute atomic E-state index is 13.6. The molecule has 1 saturated heterocycles. The van der Waals surface area contributed by atoms with Gasteiger partial charge in [-0.2, -0.15) is 0 Å². The molecule has 3 aromatic carbocycles. The van der Waals surface area contributed by atoms with Crippen molar-refractivity contribution in [1.82, 2.24) is 0 Å². The summed E-state index contributed by atoms with van der Waals surface area (Å²) in [5.74, 6) is -0.485. The van der Waals surface area contributed by atoms with Gasteiger partial charge in [-0.05, 0) is 86.3 Å². The molecule has 0 atom stereocenters. The number of benzene rings is 3. The van der Waals surface area contributed by atoms with Gasteiger partial charge in [0.05, 0.1) is 47.7 Å². The quantitative estimate of drug-likeness (QED) is 0.266. The lowest BCUT2D eigenvalue weighted by atomic mass is 10.1. The summed E-state index contributed by atoms with van der Waals surface area (Å²) in [6, 6.07) is 20.6. The number of amidine groups is 1. The molecule has 4 rings (SSSR count). The molecule has 1 amide bonds. The Morgan fingerprint density at radius 1 is 0.868 bits per heavy atom. The number of anilines is 1. The third-order valence-electron chi connectivity index (χ3n) is 5.47. The molecule has 0 spiro atoms. The number of carbonyl (C=O) groups excluding carboxylic acids is 3. The maximum atomic E-state index is 13.6. The summed E-state index contributed by atoms with van der Waals surface area (Å²) >= 11 is 1.22. The van der Waals surface area contributed by atoms with E-state index in [0.717, 1.165) is 5.56 Å². The van der Waals surface area contributed by atoms with E-state index in [-0.39, 0.29) is 19.1 Å². The van der Waals surface area contributed by atoms with Gasteiger partial charge in [-0.25, -0.2) is 14.6 Å². The van der Waals surface area contributed by atoms with Gasteiger partial charge in [0.1, 0.15) is 5.75 Å². The number of esters is 2. The monoisotopic (exact) mass is 530 g/mol. The minimum Gasteiger partial charge on any atom is -0.496 e. The van der Waals surface area contributed by atoms with E-state index in [1.807, 2.05) is 24.3 Å². The topological polar surface area (TPSA) is 94.5 Å². The third kappa shape index (κ3) is 5.95. The molecule has 194 valence electrons. The van der Waals surface area contributed by atoms with Crippen LogP contribution in [0, 0.1) is 0 Å². The Hall–Kier alpha value is -4.37. The Labute approximate surface area is 224 Å². The number of thioether (sulfide) groups is 1. The highest BCUT2D eigenvalue weighted by Gasteiger charge is 2.35. The molecule has 8 nitrogen and oxygen atoms in total. The van der Waals surface area contributed by atoms with E-state index < -0.39 is 11.9 Å². The van der Waals surface area contributed by atoms with Crippen molar-refractivity contribution in [2.45, 2.75) is 13.8 Å². The van der Waals surface area contributed by atoms with Crippen LogP contribution in [0.25, 0.3) is 6.08 Å². The average molecular weight is 531 g/mol. The Balaban J connectivity index is 1.72. The number of carbonyl (C=O) groups is 3. The fraction of sp³-hybridized carbons (Fsp3) is 0.172. The smallest absolute Gasteiger partial charge is 0.338 e. The number of methoxy groups -OCH3 is 1.